The maximum atomic E-state index is 8.79. The molecule has 4 aromatic heterocycles. The van der Waals surface area contributed by atoms with Gasteiger partial charge < -0.3 is 0 Å². The van der Waals surface area contributed by atoms with Crippen LogP contribution in [0.25, 0.3) is 154 Å². The molecular weight excluding hydrogens is 1040 g/mol. The van der Waals surface area contributed by atoms with Gasteiger partial charge in [-0.05, 0) is 186 Å². The summed E-state index contributed by atoms with van der Waals surface area (Å²) >= 11 is 0. The van der Waals surface area contributed by atoms with Crippen LogP contribution in [0.15, 0.2) is 328 Å². The molecule has 0 saturated heterocycles. The minimum absolute atomic E-state index is 0.207. The Morgan fingerprint density at radius 3 is 1.10 bits per heavy atom. The molecule has 4 heterocycles. The Morgan fingerprint density at radius 2 is 0.593 bits per heavy atom. The van der Waals surface area contributed by atoms with Gasteiger partial charge in [0.25, 0.3) is 0 Å². The Hall–Kier alpha value is -11.5. The number of benzene rings is 12. The fourth-order valence-corrected chi connectivity index (χ4v) is 12.3. The van der Waals surface area contributed by atoms with Gasteiger partial charge in [0.2, 0.25) is 0 Å². The normalized spacial score (nSPS) is 12.1. The summed E-state index contributed by atoms with van der Waals surface area (Å²) in [7, 11) is 0. The summed E-state index contributed by atoms with van der Waals surface area (Å²) in [4.78, 5) is 17.5. The van der Waals surface area contributed by atoms with Crippen LogP contribution in [0.4, 0.5) is 0 Å². The van der Waals surface area contributed by atoms with E-state index in [-0.39, 0.29) is 29.7 Å². The highest BCUT2D eigenvalue weighted by molar-refractivity contribution is 6.23. The highest BCUT2D eigenvalue weighted by atomic mass is 14.7. The Bertz CT molecular complexity index is 5350. The van der Waals surface area contributed by atoms with E-state index in [1.54, 1.807) is 6.20 Å². The first-order chi connectivity index (χ1) is 44.7. The first kappa shape index (κ1) is 46.1. The summed E-state index contributed by atoms with van der Waals surface area (Å²) in [5.74, 6) is 0. The summed E-state index contributed by atoms with van der Waals surface area (Å²) in [6.07, 6.45) is 12.9. The van der Waals surface area contributed by atoms with Gasteiger partial charge in [-0.2, -0.15) is 0 Å². The van der Waals surface area contributed by atoms with Crippen LogP contribution < -0.4 is 0 Å². The van der Waals surface area contributed by atoms with E-state index in [1.165, 1.54) is 54.9 Å². The molecule has 0 bridgehead atoms. The summed E-state index contributed by atoms with van der Waals surface area (Å²) < 4.78 is 42.4. The average Bonchev–Trinajstić information content (AvgIpc) is 0.757. The van der Waals surface area contributed by atoms with E-state index in [1.807, 2.05) is 116 Å². The first-order valence-electron chi connectivity index (χ1n) is 31.2. The lowest BCUT2D eigenvalue weighted by Crippen LogP contribution is -1.92. The van der Waals surface area contributed by atoms with Gasteiger partial charge in [-0.3, -0.25) is 19.9 Å². The van der Waals surface area contributed by atoms with E-state index in [2.05, 4.69) is 196 Å². The Labute approximate surface area is 506 Å². The minimum Gasteiger partial charge on any atom is -0.264 e. The fourth-order valence-electron chi connectivity index (χ4n) is 12.3. The lowest BCUT2D eigenvalue weighted by Gasteiger charge is -2.19. The van der Waals surface area contributed by atoms with Crippen molar-refractivity contribution in [2.45, 2.75) is 0 Å². The van der Waals surface area contributed by atoms with Crippen molar-refractivity contribution in [3.05, 3.63) is 328 Å². The predicted molar refractivity (Wildman–Crippen MR) is 361 cm³/mol. The summed E-state index contributed by atoms with van der Waals surface area (Å²) in [5, 5.41) is 10.7. The molecule has 0 amide bonds. The quantitative estimate of drug-likeness (QED) is 0.135. The van der Waals surface area contributed by atoms with Crippen LogP contribution in [-0.4, -0.2) is 19.9 Å². The zero-order valence-electron chi connectivity index (χ0n) is 51.6. The molecule has 0 saturated carbocycles. The van der Waals surface area contributed by atoms with Crippen molar-refractivity contribution in [3.8, 4) is 100 Å². The van der Waals surface area contributed by atoms with Crippen LogP contribution in [0.3, 0.4) is 0 Å². The third kappa shape index (κ3) is 9.81. The van der Waals surface area contributed by atoms with Gasteiger partial charge in [-0.15, -0.1) is 0 Å². The zero-order valence-corrected chi connectivity index (χ0v) is 46.6. The van der Waals surface area contributed by atoms with Crippen LogP contribution in [0.5, 0.6) is 0 Å². The molecule has 0 aliphatic rings. The Kier molecular flexibility index (Phi) is 12.2. The summed E-state index contributed by atoms with van der Waals surface area (Å²) in [6.45, 7) is 0. The van der Waals surface area contributed by atoms with Crippen molar-refractivity contribution < 1.29 is 6.85 Å². The monoisotopic (exact) mass is 1100 g/mol. The van der Waals surface area contributed by atoms with Crippen molar-refractivity contribution in [1.29, 1.82) is 0 Å². The second-order valence-electron chi connectivity index (χ2n) is 21.3. The number of hydrogen-bond acceptors (Lipinski definition) is 4. The maximum absolute atomic E-state index is 8.79. The van der Waals surface area contributed by atoms with Gasteiger partial charge in [-0.1, -0.05) is 236 Å². The molecular formula is C82H54N4. The van der Waals surface area contributed by atoms with E-state index in [0.717, 1.165) is 88.1 Å². The van der Waals surface area contributed by atoms with Gasteiger partial charge in [0, 0.05) is 54.5 Å². The van der Waals surface area contributed by atoms with Crippen molar-refractivity contribution in [2.24, 2.45) is 0 Å². The zero-order chi connectivity index (χ0) is 61.5. The third-order valence-corrected chi connectivity index (χ3v) is 16.3. The minimum atomic E-state index is -0.398. The van der Waals surface area contributed by atoms with Crippen molar-refractivity contribution in [2.75, 3.05) is 0 Å². The van der Waals surface area contributed by atoms with E-state index < -0.39 is 6.04 Å². The van der Waals surface area contributed by atoms with Crippen LogP contribution in [0, 0.1) is 0 Å². The number of hydrogen-bond donors (Lipinski definition) is 0. The molecule has 16 aromatic rings. The summed E-state index contributed by atoms with van der Waals surface area (Å²) in [5.41, 5.74) is 18.8. The molecule has 0 N–H and O–H groups in total. The first-order valence-corrected chi connectivity index (χ1v) is 28.7. The number of fused-ring (bicyclic) bond motifs is 5. The molecule has 402 valence electrons. The Morgan fingerprint density at radius 1 is 0.221 bits per heavy atom. The van der Waals surface area contributed by atoms with Crippen molar-refractivity contribution >= 4 is 53.9 Å². The highest BCUT2D eigenvalue weighted by Gasteiger charge is 2.20. The van der Waals surface area contributed by atoms with Crippen LogP contribution in [-0.2, 0) is 0 Å². The third-order valence-electron chi connectivity index (χ3n) is 16.3. The predicted octanol–water partition coefficient (Wildman–Crippen LogP) is 21.7. The van der Waals surface area contributed by atoms with E-state index >= 15 is 0 Å². The molecule has 16 rings (SSSR count). The lowest BCUT2D eigenvalue weighted by molar-refractivity contribution is 1.30. The van der Waals surface area contributed by atoms with Gasteiger partial charge in [0.15, 0.2) is 0 Å². The van der Waals surface area contributed by atoms with Gasteiger partial charge in [-0.25, -0.2) is 0 Å². The molecule has 0 aliphatic heterocycles. The summed E-state index contributed by atoms with van der Waals surface area (Å²) in [6, 6.07) is 87.6. The van der Waals surface area contributed by atoms with Gasteiger partial charge in [0.05, 0.1) is 12.5 Å². The van der Waals surface area contributed by atoms with E-state index in [4.69, 9.17) is 6.85 Å². The fraction of sp³-hybridized carbons (Fsp3) is 0. The lowest BCUT2D eigenvalue weighted by atomic mass is 9.84. The second-order valence-corrected chi connectivity index (χ2v) is 21.3. The van der Waals surface area contributed by atoms with Crippen LogP contribution in [0.2, 0.25) is 0 Å². The number of aromatic nitrogens is 4. The molecule has 0 fully saturated rings. The van der Waals surface area contributed by atoms with Crippen LogP contribution >= 0.6 is 0 Å². The molecule has 0 atom stereocenters. The van der Waals surface area contributed by atoms with E-state index in [9.17, 15) is 0 Å². The van der Waals surface area contributed by atoms with Gasteiger partial charge in [0.1, 0.15) is 0 Å². The molecule has 0 aliphatic carbocycles. The average molecular weight is 1100 g/mol. The highest BCUT2D eigenvalue weighted by Crippen LogP contribution is 2.47. The maximum Gasteiger partial charge on any atom is 0.0708 e. The molecule has 4 heteroatoms. The molecule has 0 unspecified atom stereocenters. The smallest absolute Gasteiger partial charge is 0.0708 e. The molecule has 12 aromatic carbocycles. The van der Waals surface area contributed by atoms with Crippen molar-refractivity contribution in [1.82, 2.24) is 19.9 Å². The van der Waals surface area contributed by atoms with E-state index in [0.29, 0.717) is 5.56 Å². The number of rotatable bonds is 9. The van der Waals surface area contributed by atoms with Gasteiger partial charge >= 0.3 is 0 Å². The molecule has 0 spiro atoms. The topological polar surface area (TPSA) is 51.6 Å². The number of pyridine rings is 4. The second kappa shape index (κ2) is 22.7. The van der Waals surface area contributed by atoms with Crippen molar-refractivity contribution in [3.63, 3.8) is 0 Å². The molecule has 86 heavy (non-hydrogen) atoms. The Balaban J connectivity index is 0.000000152. The standard InChI is InChI=1S/C42H28N2.C40H26N2/c1-2-8-29(9-3-1)34-22-23-39-40(26-34)42(33-20-16-31(17-21-33)36-11-7-25-44-28-36)38-13-5-4-12-37(38)41(39)32-18-14-30(15-19-32)35-10-6-24-43-27-35;1-2-9-27(10-3-1)39-34-12-4-6-14-36(34)40(37-15-7-5-13-35(37)39)32-19-17-28-23-31(18-16-29(28)24-32)38-25-30(20-22-42-38)33-11-8-21-41-26-33/h1-28H;1-26H/i;1D,2D,3D,9D,10D. The molecule has 4 nitrogen and oxygen atoms in total. The molecule has 0 radical (unpaired) electrons. The SMILES string of the molecule is [2H]c1c([2H])c([2H])c(-c2c3ccccc3c(-c3ccc4cc(-c5cc(-c6cccnc6)ccn5)ccc4c3)c3ccccc23)c([2H])c1[2H].c1ccc(-c2ccc3c(-c4ccc(-c5cccnc5)cc4)c4ccccc4c(-c4ccc(-c5cccnc5)cc4)c3c2)cc1. The largest absolute Gasteiger partial charge is 0.264 e. The number of nitrogens with zero attached hydrogens (tertiary/aromatic N) is 4. The van der Waals surface area contributed by atoms with Crippen LogP contribution in [0.1, 0.15) is 6.85 Å².